The average Bonchev–Trinajstić information content (AvgIpc) is 3.19. The van der Waals surface area contributed by atoms with Crippen molar-refractivity contribution in [3.05, 3.63) is 66.5 Å². The van der Waals surface area contributed by atoms with Gasteiger partial charge in [0.05, 0.1) is 18.0 Å². The van der Waals surface area contributed by atoms with E-state index in [4.69, 9.17) is 10.5 Å². The summed E-state index contributed by atoms with van der Waals surface area (Å²) in [5.74, 6) is -0.0965. The van der Waals surface area contributed by atoms with Crippen molar-refractivity contribution in [3.8, 4) is 11.4 Å². The summed E-state index contributed by atoms with van der Waals surface area (Å²) in [6, 6.07) is 15.2. The number of rotatable bonds is 5. The van der Waals surface area contributed by atoms with Crippen LogP contribution in [0.5, 0.6) is 5.75 Å². The van der Waals surface area contributed by atoms with Gasteiger partial charge in [0, 0.05) is 18.1 Å². The maximum Gasteiger partial charge on any atom is 0.260 e. The lowest BCUT2D eigenvalue weighted by Gasteiger charge is -2.33. The molecule has 3 aromatic rings. The molecule has 8 heteroatoms. The van der Waals surface area contributed by atoms with Crippen molar-refractivity contribution in [2.75, 3.05) is 17.2 Å². The highest BCUT2D eigenvalue weighted by Gasteiger charge is 2.32. The van der Waals surface area contributed by atoms with E-state index in [1.54, 1.807) is 29.3 Å². The lowest BCUT2D eigenvalue weighted by molar-refractivity contribution is -0.125. The summed E-state index contributed by atoms with van der Waals surface area (Å²) in [7, 11) is 0. The number of imidazole rings is 1. The molecule has 7 nitrogen and oxygen atoms in total. The molecule has 2 heterocycles. The van der Waals surface area contributed by atoms with Crippen LogP contribution in [0.1, 0.15) is 5.56 Å². The van der Waals surface area contributed by atoms with E-state index in [9.17, 15) is 9.59 Å². The number of hydrogen-bond acceptors (Lipinski definition) is 5. The van der Waals surface area contributed by atoms with Gasteiger partial charge >= 0.3 is 0 Å². The van der Waals surface area contributed by atoms with Gasteiger partial charge in [0.2, 0.25) is 5.91 Å². The summed E-state index contributed by atoms with van der Waals surface area (Å²) in [6.45, 7) is 2.12. The summed E-state index contributed by atoms with van der Waals surface area (Å²) in [4.78, 5) is 30.6. The number of primary amides is 1. The van der Waals surface area contributed by atoms with Gasteiger partial charge in [-0.2, -0.15) is 0 Å². The first-order valence-electron chi connectivity index (χ1n) is 9.11. The molecule has 148 valence electrons. The number of anilines is 1. The number of benzene rings is 2. The summed E-state index contributed by atoms with van der Waals surface area (Å²) in [6.07, 6.45) is 2.71. The molecule has 2 amide bonds. The maximum atomic E-state index is 13.0. The third kappa shape index (κ3) is 3.97. The quantitative estimate of drug-likeness (QED) is 0.655. The van der Waals surface area contributed by atoms with E-state index < -0.39 is 12.0 Å². The lowest BCUT2D eigenvalue weighted by atomic mass is 10.2. The Bertz CT molecular complexity index is 1070. The monoisotopic (exact) mass is 408 g/mol. The molecule has 0 saturated heterocycles. The predicted octanol–water partition coefficient (Wildman–Crippen LogP) is 2.55. The molecule has 0 bridgehead atoms. The Morgan fingerprint density at radius 2 is 2.07 bits per heavy atom. The predicted molar refractivity (Wildman–Crippen MR) is 111 cm³/mol. The number of hydrogen-bond donors (Lipinski definition) is 1. The molecule has 0 saturated carbocycles. The first kappa shape index (κ1) is 19.1. The van der Waals surface area contributed by atoms with Crippen LogP contribution in [0.2, 0.25) is 0 Å². The molecule has 2 N–H and O–H groups in total. The standard InChI is InChI=1S/C21H20N4O3S/c1-14-5-4-6-15(11-14)24-10-9-23-21(24)29-13-19(26)25-12-18(20(22)27)28-17-8-3-2-7-16(17)25/h2-11,18H,12-13H2,1H3,(H2,22,27). The van der Waals surface area contributed by atoms with E-state index in [0.717, 1.165) is 16.4 Å². The van der Waals surface area contributed by atoms with Crippen molar-refractivity contribution in [1.29, 1.82) is 0 Å². The normalized spacial score (nSPS) is 15.5. The van der Waals surface area contributed by atoms with Crippen molar-refractivity contribution >= 4 is 29.3 Å². The van der Waals surface area contributed by atoms with Crippen LogP contribution in [0.3, 0.4) is 0 Å². The van der Waals surface area contributed by atoms with Gasteiger partial charge in [-0.1, -0.05) is 36.0 Å². The first-order chi connectivity index (χ1) is 14.0. The van der Waals surface area contributed by atoms with Crippen LogP contribution in [0.25, 0.3) is 5.69 Å². The number of amides is 2. The molecule has 1 aliphatic rings. The zero-order valence-electron chi connectivity index (χ0n) is 15.8. The van der Waals surface area contributed by atoms with Gasteiger partial charge in [-0.25, -0.2) is 4.98 Å². The molecular weight excluding hydrogens is 388 g/mol. The molecule has 0 fully saturated rings. The Labute approximate surface area is 172 Å². The molecule has 1 aliphatic heterocycles. The fourth-order valence-corrected chi connectivity index (χ4v) is 4.04. The highest BCUT2D eigenvalue weighted by atomic mass is 32.2. The number of carbonyl (C=O) groups is 2. The third-order valence-electron chi connectivity index (χ3n) is 4.60. The number of carbonyl (C=O) groups excluding carboxylic acids is 2. The van der Waals surface area contributed by atoms with Gasteiger partial charge in [-0.3, -0.25) is 14.2 Å². The van der Waals surface area contributed by atoms with Gasteiger partial charge in [-0.05, 0) is 36.8 Å². The number of aromatic nitrogens is 2. The van der Waals surface area contributed by atoms with E-state index in [2.05, 4.69) is 11.1 Å². The first-order valence-corrected chi connectivity index (χ1v) is 10.1. The zero-order chi connectivity index (χ0) is 20.4. The highest BCUT2D eigenvalue weighted by Crippen LogP contribution is 2.34. The van der Waals surface area contributed by atoms with Crippen molar-refractivity contribution < 1.29 is 14.3 Å². The van der Waals surface area contributed by atoms with E-state index in [1.165, 1.54) is 11.8 Å². The lowest BCUT2D eigenvalue weighted by Crippen LogP contribution is -2.49. The van der Waals surface area contributed by atoms with E-state index in [1.807, 2.05) is 42.0 Å². The summed E-state index contributed by atoms with van der Waals surface area (Å²) in [5.41, 5.74) is 8.18. The Balaban J connectivity index is 1.52. The van der Waals surface area contributed by atoms with Gasteiger partial charge < -0.3 is 15.4 Å². The number of aryl methyl sites for hydroxylation is 1. The van der Waals surface area contributed by atoms with Crippen LogP contribution >= 0.6 is 11.8 Å². The smallest absolute Gasteiger partial charge is 0.260 e. The summed E-state index contributed by atoms with van der Waals surface area (Å²) >= 11 is 1.34. The van der Waals surface area contributed by atoms with Crippen LogP contribution in [0.4, 0.5) is 5.69 Å². The van der Waals surface area contributed by atoms with Crippen molar-refractivity contribution in [3.63, 3.8) is 0 Å². The second kappa shape index (κ2) is 8.00. The SMILES string of the molecule is Cc1cccc(-n2ccnc2SCC(=O)N2CC(C(N)=O)Oc3ccccc32)c1. The van der Waals surface area contributed by atoms with Crippen LogP contribution in [-0.4, -0.2) is 39.8 Å². The average molecular weight is 408 g/mol. The van der Waals surface area contributed by atoms with Crippen molar-refractivity contribution in [2.24, 2.45) is 5.73 Å². The van der Waals surface area contributed by atoms with Crippen molar-refractivity contribution in [1.82, 2.24) is 9.55 Å². The topological polar surface area (TPSA) is 90.5 Å². The summed E-state index contributed by atoms with van der Waals surface area (Å²) < 4.78 is 7.57. The number of nitrogens with two attached hydrogens (primary N) is 1. The highest BCUT2D eigenvalue weighted by molar-refractivity contribution is 7.99. The Morgan fingerprint density at radius 1 is 1.24 bits per heavy atom. The molecule has 1 unspecified atom stereocenters. The van der Waals surface area contributed by atoms with Gasteiger partial charge in [-0.15, -0.1) is 0 Å². The molecule has 4 rings (SSSR count). The molecule has 0 aliphatic carbocycles. The fraction of sp³-hybridized carbons (Fsp3) is 0.190. The molecule has 2 aromatic carbocycles. The second-order valence-electron chi connectivity index (χ2n) is 6.69. The van der Waals surface area contributed by atoms with Crippen LogP contribution < -0.4 is 15.4 Å². The van der Waals surface area contributed by atoms with Gasteiger partial charge in [0.15, 0.2) is 11.3 Å². The number of para-hydroxylation sites is 2. The largest absolute Gasteiger partial charge is 0.477 e. The minimum absolute atomic E-state index is 0.0953. The minimum atomic E-state index is -0.867. The summed E-state index contributed by atoms with van der Waals surface area (Å²) in [5, 5.41) is 0.719. The number of fused-ring (bicyclic) bond motifs is 1. The zero-order valence-corrected chi connectivity index (χ0v) is 16.6. The molecule has 1 atom stereocenters. The van der Waals surface area contributed by atoms with E-state index in [0.29, 0.717) is 11.4 Å². The number of nitrogens with zero attached hydrogens (tertiary/aromatic N) is 3. The molecule has 0 spiro atoms. The van der Waals surface area contributed by atoms with Crippen LogP contribution in [0.15, 0.2) is 66.1 Å². The van der Waals surface area contributed by atoms with Crippen LogP contribution in [-0.2, 0) is 9.59 Å². The van der Waals surface area contributed by atoms with Gasteiger partial charge in [0.25, 0.3) is 5.91 Å². The van der Waals surface area contributed by atoms with E-state index in [-0.39, 0.29) is 18.2 Å². The number of thioether (sulfide) groups is 1. The Morgan fingerprint density at radius 3 is 2.86 bits per heavy atom. The molecule has 1 aromatic heterocycles. The number of ether oxygens (including phenoxy) is 1. The molecule has 0 radical (unpaired) electrons. The van der Waals surface area contributed by atoms with E-state index >= 15 is 0 Å². The van der Waals surface area contributed by atoms with Crippen LogP contribution in [0, 0.1) is 6.92 Å². The Kier molecular flexibility index (Phi) is 5.26. The Hall–Kier alpha value is -3.26. The van der Waals surface area contributed by atoms with Gasteiger partial charge in [0.1, 0.15) is 5.75 Å². The minimum Gasteiger partial charge on any atom is -0.477 e. The van der Waals surface area contributed by atoms with Crippen molar-refractivity contribution in [2.45, 2.75) is 18.2 Å². The second-order valence-corrected chi connectivity index (χ2v) is 7.63. The molecular formula is C21H20N4O3S. The maximum absolute atomic E-state index is 13.0. The molecule has 29 heavy (non-hydrogen) atoms. The fourth-order valence-electron chi connectivity index (χ4n) is 3.19. The third-order valence-corrected chi connectivity index (χ3v) is 5.56.